The van der Waals surface area contributed by atoms with Gasteiger partial charge in [-0.3, -0.25) is 4.79 Å². The van der Waals surface area contributed by atoms with Crippen molar-refractivity contribution in [1.82, 2.24) is 4.90 Å². The molecule has 0 bridgehead atoms. The molecule has 17 heavy (non-hydrogen) atoms. The van der Waals surface area contributed by atoms with E-state index in [0.717, 1.165) is 32.4 Å². The topological polar surface area (TPSA) is 55.6 Å². The molecule has 2 N–H and O–H groups in total. The Morgan fingerprint density at radius 1 is 1.53 bits per heavy atom. The normalized spacial score (nSPS) is 23.6. The van der Waals surface area contributed by atoms with Crippen molar-refractivity contribution in [2.24, 2.45) is 11.1 Å². The standard InChI is InChI=1S/C12H24N2O2.ClH/c1-3-4-7-16-8-11(15)14-6-5-12(2,9-13)10-14;/h3-10,13H2,1-2H3;1H. The van der Waals surface area contributed by atoms with Crippen LogP contribution in [0.1, 0.15) is 33.1 Å². The van der Waals surface area contributed by atoms with Gasteiger partial charge >= 0.3 is 0 Å². The number of rotatable bonds is 6. The SMILES string of the molecule is CCCCOCC(=O)N1CCC(C)(CN)C1.Cl. The van der Waals surface area contributed by atoms with Gasteiger partial charge in [-0.05, 0) is 24.8 Å². The van der Waals surface area contributed by atoms with Crippen molar-refractivity contribution in [1.29, 1.82) is 0 Å². The lowest BCUT2D eigenvalue weighted by molar-refractivity contribution is -0.135. The lowest BCUT2D eigenvalue weighted by atomic mass is 9.90. The minimum absolute atomic E-state index is 0. The fourth-order valence-electron chi connectivity index (χ4n) is 1.90. The van der Waals surface area contributed by atoms with Crippen LogP contribution >= 0.6 is 12.4 Å². The summed E-state index contributed by atoms with van der Waals surface area (Å²) in [6, 6.07) is 0. The number of unbranched alkanes of at least 4 members (excludes halogenated alkanes) is 1. The van der Waals surface area contributed by atoms with Crippen molar-refractivity contribution in [3.63, 3.8) is 0 Å². The number of nitrogens with two attached hydrogens (primary N) is 1. The summed E-state index contributed by atoms with van der Waals surface area (Å²) in [6.07, 6.45) is 3.13. The van der Waals surface area contributed by atoms with Gasteiger partial charge in [0.05, 0.1) is 0 Å². The second kappa shape index (κ2) is 7.90. The Bertz CT molecular complexity index is 239. The van der Waals surface area contributed by atoms with E-state index < -0.39 is 0 Å². The number of carbonyl (C=O) groups excluding carboxylic acids is 1. The number of hydrogen-bond donors (Lipinski definition) is 1. The molecule has 0 spiro atoms. The first-order valence-corrected chi connectivity index (χ1v) is 6.17. The Morgan fingerprint density at radius 3 is 2.76 bits per heavy atom. The number of nitrogens with zero attached hydrogens (tertiary/aromatic N) is 1. The van der Waals surface area contributed by atoms with Crippen molar-refractivity contribution in [2.45, 2.75) is 33.1 Å². The molecule has 1 aliphatic rings. The van der Waals surface area contributed by atoms with E-state index in [9.17, 15) is 4.79 Å². The summed E-state index contributed by atoms with van der Waals surface area (Å²) in [6.45, 7) is 7.40. The van der Waals surface area contributed by atoms with Crippen LogP contribution in [0.15, 0.2) is 0 Å². The maximum atomic E-state index is 11.8. The molecule has 1 heterocycles. The molecule has 0 aromatic heterocycles. The molecule has 0 aliphatic carbocycles. The third-order valence-corrected chi connectivity index (χ3v) is 3.27. The molecule has 0 saturated carbocycles. The molecule has 0 aromatic rings. The van der Waals surface area contributed by atoms with Crippen LogP contribution in [-0.2, 0) is 9.53 Å². The van der Waals surface area contributed by atoms with Gasteiger partial charge in [0.1, 0.15) is 6.61 Å². The molecule has 4 nitrogen and oxygen atoms in total. The third kappa shape index (κ3) is 5.23. The van der Waals surface area contributed by atoms with Crippen LogP contribution in [0.25, 0.3) is 0 Å². The van der Waals surface area contributed by atoms with E-state index in [2.05, 4.69) is 13.8 Å². The Balaban J connectivity index is 0.00000256. The average molecular weight is 265 g/mol. The van der Waals surface area contributed by atoms with Gasteiger partial charge in [0.15, 0.2) is 0 Å². The van der Waals surface area contributed by atoms with Crippen LogP contribution in [0.5, 0.6) is 0 Å². The monoisotopic (exact) mass is 264 g/mol. The summed E-state index contributed by atoms with van der Waals surface area (Å²) < 4.78 is 5.33. The molecule has 1 unspecified atom stereocenters. The average Bonchev–Trinajstić information content (AvgIpc) is 2.68. The number of ether oxygens (including phenoxy) is 1. The van der Waals surface area contributed by atoms with Gasteiger partial charge in [-0.25, -0.2) is 0 Å². The fraction of sp³-hybridized carbons (Fsp3) is 0.917. The lowest BCUT2D eigenvalue weighted by Gasteiger charge is -2.22. The number of hydrogen-bond acceptors (Lipinski definition) is 3. The molecule has 1 aliphatic heterocycles. The van der Waals surface area contributed by atoms with Crippen LogP contribution in [0.4, 0.5) is 0 Å². The van der Waals surface area contributed by atoms with Crippen LogP contribution < -0.4 is 5.73 Å². The number of halogens is 1. The van der Waals surface area contributed by atoms with E-state index in [1.807, 2.05) is 4.90 Å². The number of likely N-dealkylation sites (tertiary alicyclic amines) is 1. The molecule has 1 amide bonds. The van der Waals surface area contributed by atoms with Crippen LogP contribution in [0, 0.1) is 5.41 Å². The van der Waals surface area contributed by atoms with Gasteiger partial charge in [-0.1, -0.05) is 20.3 Å². The zero-order chi connectivity index (χ0) is 12.0. The van der Waals surface area contributed by atoms with Crippen molar-refractivity contribution in [2.75, 3.05) is 32.8 Å². The van der Waals surface area contributed by atoms with Crippen LogP contribution in [0.2, 0.25) is 0 Å². The second-order valence-corrected chi connectivity index (χ2v) is 4.99. The molecule has 1 rings (SSSR count). The van der Waals surface area contributed by atoms with Gasteiger partial charge in [0.25, 0.3) is 0 Å². The maximum absolute atomic E-state index is 11.8. The first kappa shape index (κ1) is 16.7. The Morgan fingerprint density at radius 2 is 2.24 bits per heavy atom. The summed E-state index contributed by atoms with van der Waals surface area (Å²) in [7, 11) is 0. The minimum Gasteiger partial charge on any atom is -0.372 e. The number of amides is 1. The molecule has 1 saturated heterocycles. The van der Waals surface area contributed by atoms with E-state index in [4.69, 9.17) is 10.5 Å². The van der Waals surface area contributed by atoms with E-state index >= 15 is 0 Å². The van der Waals surface area contributed by atoms with Crippen LogP contribution in [0.3, 0.4) is 0 Å². The predicted molar refractivity (Wildman–Crippen MR) is 71.3 cm³/mol. The fourth-order valence-corrected chi connectivity index (χ4v) is 1.90. The van der Waals surface area contributed by atoms with Crippen molar-refractivity contribution in [3.05, 3.63) is 0 Å². The highest BCUT2D eigenvalue weighted by Gasteiger charge is 2.34. The quantitative estimate of drug-likeness (QED) is 0.739. The summed E-state index contributed by atoms with van der Waals surface area (Å²) in [5.41, 5.74) is 5.81. The highest BCUT2D eigenvalue weighted by molar-refractivity contribution is 5.85. The van der Waals surface area contributed by atoms with Gasteiger partial charge in [0.2, 0.25) is 5.91 Å². The van der Waals surface area contributed by atoms with Gasteiger partial charge < -0.3 is 15.4 Å². The molecule has 1 atom stereocenters. The first-order valence-electron chi connectivity index (χ1n) is 6.17. The smallest absolute Gasteiger partial charge is 0.248 e. The zero-order valence-electron chi connectivity index (χ0n) is 10.9. The number of carbonyl (C=O) groups is 1. The summed E-state index contributed by atoms with van der Waals surface area (Å²) in [4.78, 5) is 13.6. The molecular formula is C12H25ClN2O2. The Labute approximate surface area is 110 Å². The van der Waals surface area contributed by atoms with E-state index in [-0.39, 0.29) is 30.3 Å². The molecule has 5 heteroatoms. The van der Waals surface area contributed by atoms with E-state index in [1.165, 1.54) is 0 Å². The first-order chi connectivity index (χ1) is 7.61. The maximum Gasteiger partial charge on any atom is 0.248 e. The molecule has 102 valence electrons. The minimum atomic E-state index is 0. The predicted octanol–water partition coefficient (Wildman–Crippen LogP) is 1.42. The molecule has 0 radical (unpaired) electrons. The highest BCUT2D eigenvalue weighted by Crippen LogP contribution is 2.28. The Hall–Kier alpha value is -0.320. The zero-order valence-corrected chi connectivity index (χ0v) is 11.7. The van der Waals surface area contributed by atoms with Gasteiger partial charge in [-0.15, -0.1) is 12.4 Å². The third-order valence-electron chi connectivity index (χ3n) is 3.27. The summed E-state index contributed by atoms with van der Waals surface area (Å²) >= 11 is 0. The highest BCUT2D eigenvalue weighted by atomic mass is 35.5. The lowest BCUT2D eigenvalue weighted by Crippen LogP contribution is -2.36. The second-order valence-electron chi connectivity index (χ2n) is 4.99. The molecule has 0 aromatic carbocycles. The largest absolute Gasteiger partial charge is 0.372 e. The van der Waals surface area contributed by atoms with Crippen molar-refractivity contribution in [3.8, 4) is 0 Å². The van der Waals surface area contributed by atoms with E-state index in [1.54, 1.807) is 0 Å². The van der Waals surface area contributed by atoms with Gasteiger partial charge in [-0.2, -0.15) is 0 Å². The van der Waals surface area contributed by atoms with Crippen molar-refractivity contribution < 1.29 is 9.53 Å². The van der Waals surface area contributed by atoms with Gasteiger partial charge in [0, 0.05) is 19.7 Å². The van der Waals surface area contributed by atoms with E-state index in [0.29, 0.717) is 13.2 Å². The summed E-state index contributed by atoms with van der Waals surface area (Å²) in [5.74, 6) is 0.105. The summed E-state index contributed by atoms with van der Waals surface area (Å²) in [5, 5.41) is 0. The molecule has 1 fully saturated rings. The Kier molecular flexibility index (Phi) is 7.75. The molecular weight excluding hydrogens is 240 g/mol. The van der Waals surface area contributed by atoms with Crippen molar-refractivity contribution >= 4 is 18.3 Å². The van der Waals surface area contributed by atoms with Crippen LogP contribution in [-0.4, -0.2) is 43.7 Å².